The van der Waals surface area contributed by atoms with Crippen molar-refractivity contribution in [3.05, 3.63) is 69.5 Å². The molecule has 110 valence electrons. The minimum Gasteiger partial charge on any atom is -0.343 e. The van der Waals surface area contributed by atoms with Crippen molar-refractivity contribution in [2.75, 3.05) is 0 Å². The summed E-state index contributed by atoms with van der Waals surface area (Å²) in [7, 11) is 0. The minimum atomic E-state index is -0.870. The van der Waals surface area contributed by atoms with Crippen LogP contribution in [0.15, 0.2) is 42.5 Å². The van der Waals surface area contributed by atoms with E-state index in [0.29, 0.717) is 16.1 Å². The molecule has 0 spiro atoms. The molecular weight excluding hydrogens is 312 g/mol. The molecule has 0 saturated carbocycles. The summed E-state index contributed by atoms with van der Waals surface area (Å²) in [5.41, 5.74) is -0.167. The average Bonchev–Trinajstić information content (AvgIpc) is 2.38. The average molecular weight is 326 g/mol. The van der Waals surface area contributed by atoms with Gasteiger partial charge in [-0.3, -0.25) is 4.79 Å². The van der Waals surface area contributed by atoms with E-state index in [1.165, 1.54) is 18.2 Å². The normalized spacial score (nSPS) is 11.3. The van der Waals surface area contributed by atoms with E-state index in [9.17, 15) is 9.18 Å². The van der Waals surface area contributed by atoms with Crippen LogP contribution in [0.2, 0.25) is 10.0 Å². The highest BCUT2D eigenvalue weighted by atomic mass is 35.5. The van der Waals surface area contributed by atoms with Gasteiger partial charge < -0.3 is 5.32 Å². The van der Waals surface area contributed by atoms with Crippen molar-refractivity contribution >= 4 is 29.1 Å². The van der Waals surface area contributed by atoms with Crippen LogP contribution >= 0.6 is 23.2 Å². The molecule has 21 heavy (non-hydrogen) atoms. The van der Waals surface area contributed by atoms with E-state index in [-0.39, 0.29) is 16.7 Å². The number of nitrogens with one attached hydrogen (secondary N) is 1. The van der Waals surface area contributed by atoms with E-state index in [1.54, 1.807) is 38.1 Å². The van der Waals surface area contributed by atoms with Crippen molar-refractivity contribution < 1.29 is 9.18 Å². The van der Waals surface area contributed by atoms with Crippen LogP contribution in [0.1, 0.15) is 29.8 Å². The molecule has 0 fully saturated rings. The molecule has 0 heterocycles. The molecule has 5 heteroatoms. The molecule has 0 aliphatic heterocycles. The summed E-state index contributed by atoms with van der Waals surface area (Å²) in [5, 5.41) is 3.49. The summed E-state index contributed by atoms with van der Waals surface area (Å²) in [6.07, 6.45) is 0. The van der Waals surface area contributed by atoms with Gasteiger partial charge in [0.05, 0.1) is 16.1 Å². The molecule has 0 aliphatic rings. The van der Waals surface area contributed by atoms with E-state index in [2.05, 4.69) is 5.32 Å². The lowest BCUT2D eigenvalue weighted by molar-refractivity contribution is 0.0911. The predicted octanol–water partition coefficient (Wildman–Crippen LogP) is 4.80. The van der Waals surface area contributed by atoms with Gasteiger partial charge in [-0.05, 0) is 38.1 Å². The first kappa shape index (κ1) is 15.8. The predicted molar refractivity (Wildman–Crippen MR) is 83.4 cm³/mol. The van der Waals surface area contributed by atoms with E-state index < -0.39 is 5.54 Å². The number of amides is 1. The molecule has 0 aliphatic carbocycles. The molecule has 0 aromatic heterocycles. The lowest BCUT2D eigenvalue weighted by Gasteiger charge is -2.27. The fraction of sp³-hybridized carbons (Fsp3) is 0.188. The first-order valence-electron chi connectivity index (χ1n) is 6.34. The summed E-state index contributed by atoms with van der Waals surface area (Å²) < 4.78 is 13.9. The SMILES string of the molecule is CC(C)(NC(=O)c1ccc(Cl)cc1Cl)c1ccccc1F. The van der Waals surface area contributed by atoms with Gasteiger partial charge in [-0.2, -0.15) is 0 Å². The number of rotatable bonds is 3. The first-order chi connectivity index (χ1) is 9.81. The summed E-state index contributed by atoms with van der Waals surface area (Å²) >= 11 is 11.8. The van der Waals surface area contributed by atoms with Crippen molar-refractivity contribution in [1.29, 1.82) is 0 Å². The van der Waals surface area contributed by atoms with E-state index in [1.807, 2.05) is 0 Å². The second kappa shape index (κ2) is 6.04. The Morgan fingerprint density at radius 2 is 1.81 bits per heavy atom. The molecule has 2 aromatic rings. The van der Waals surface area contributed by atoms with Crippen LogP contribution in [-0.4, -0.2) is 5.91 Å². The number of benzene rings is 2. The maximum atomic E-state index is 13.9. The van der Waals surface area contributed by atoms with Gasteiger partial charge in [-0.1, -0.05) is 41.4 Å². The van der Waals surface area contributed by atoms with Crippen molar-refractivity contribution in [2.24, 2.45) is 0 Å². The molecule has 1 N–H and O–H groups in total. The van der Waals surface area contributed by atoms with Crippen LogP contribution in [0.25, 0.3) is 0 Å². The highest BCUT2D eigenvalue weighted by molar-refractivity contribution is 6.36. The summed E-state index contributed by atoms with van der Waals surface area (Å²) in [6.45, 7) is 3.46. The van der Waals surface area contributed by atoms with Gasteiger partial charge in [0, 0.05) is 10.6 Å². The van der Waals surface area contributed by atoms with Crippen LogP contribution in [0.3, 0.4) is 0 Å². The van der Waals surface area contributed by atoms with E-state index >= 15 is 0 Å². The topological polar surface area (TPSA) is 29.1 Å². The van der Waals surface area contributed by atoms with Crippen molar-refractivity contribution in [2.45, 2.75) is 19.4 Å². The largest absolute Gasteiger partial charge is 0.343 e. The zero-order valence-corrected chi connectivity index (χ0v) is 13.1. The fourth-order valence-electron chi connectivity index (χ4n) is 2.06. The lowest BCUT2D eigenvalue weighted by Crippen LogP contribution is -2.41. The summed E-state index contributed by atoms with van der Waals surface area (Å²) in [4.78, 5) is 12.3. The highest BCUT2D eigenvalue weighted by Crippen LogP contribution is 2.25. The maximum absolute atomic E-state index is 13.9. The third-order valence-electron chi connectivity index (χ3n) is 3.15. The van der Waals surface area contributed by atoms with Crippen molar-refractivity contribution in [3.8, 4) is 0 Å². The second-order valence-electron chi connectivity index (χ2n) is 5.18. The molecule has 1 amide bonds. The monoisotopic (exact) mass is 325 g/mol. The van der Waals surface area contributed by atoms with Gasteiger partial charge in [0.15, 0.2) is 0 Å². The third kappa shape index (κ3) is 3.55. The number of hydrogen-bond donors (Lipinski definition) is 1. The van der Waals surface area contributed by atoms with E-state index in [4.69, 9.17) is 23.2 Å². The molecule has 0 bridgehead atoms. The lowest BCUT2D eigenvalue weighted by atomic mass is 9.93. The van der Waals surface area contributed by atoms with Crippen LogP contribution in [0.4, 0.5) is 4.39 Å². The molecule has 0 saturated heterocycles. The Morgan fingerprint density at radius 1 is 1.14 bits per heavy atom. The van der Waals surface area contributed by atoms with Gasteiger partial charge in [-0.15, -0.1) is 0 Å². The zero-order valence-electron chi connectivity index (χ0n) is 11.6. The smallest absolute Gasteiger partial charge is 0.253 e. The number of carbonyl (C=O) groups is 1. The Labute approximate surface area is 132 Å². The van der Waals surface area contributed by atoms with Gasteiger partial charge in [0.1, 0.15) is 5.82 Å². The summed E-state index contributed by atoms with van der Waals surface area (Å²) in [5.74, 6) is -0.755. The molecule has 0 unspecified atom stereocenters. The Hall–Kier alpha value is -1.58. The Balaban J connectivity index is 2.28. The molecule has 2 aromatic carbocycles. The van der Waals surface area contributed by atoms with Crippen LogP contribution in [-0.2, 0) is 5.54 Å². The van der Waals surface area contributed by atoms with Gasteiger partial charge >= 0.3 is 0 Å². The van der Waals surface area contributed by atoms with Crippen LogP contribution in [0, 0.1) is 5.82 Å². The second-order valence-corrected chi connectivity index (χ2v) is 6.03. The van der Waals surface area contributed by atoms with E-state index in [0.717, 1.165) is 0 Å². The van der Waals surface area contributed by atoms with Gasteiger partial charge in [0.2, 0.25) is 0 Å². The molecule has 0 radical (unpaired) electrons. The molecule has 0 atom stereocenters. The number of hydrogen-bond acceptors (Lipinski definition) is 1. The number of carbonyl (C=O) groups excluding carboxylic acids is 1. The van der Waals surface area contributed by atoms with Crippen molar-refractivity contribution in [1.82, 2.24) is 5.32 Å². The Kier molecular flexibility index (Phi) is 4.55. The van der Waals surface area contributed by atoms with Crippen molar-refractivity contribution in [3.63, 3.8) is 0 Å². The van der Waals surface area contributed by atoms with Gasteiger partial charge in [0.25, 0.3) is 5.91 Å². The standard InChI is InChI=1S/C16H14Cl2FNO/c1-16(2,12-5-3-4-6-14(12)19)20-15(21)11-8-7-10(17)9-13(11)18/h3-9H,1-2H3,(H,20,21). The maximum Gasteiger partial charge on any atom is 0.253 e. The Morgan fingerprint density at radius 3 is 2.43 bits per heavy atom. The zero-order chi connectivity index (χ0) is 15.6. The first-order valence-corrected chi connectivity index (χ1v) is 7.09. The van der Waals surface area contributed by atoms with Gasteiger partial charge in [-0.25, -0.2) is 4.39 Å². The van der Waals surface area contributed by atoms with Crippen LogP contribution in [0.5, 0.6) is 0 Å². The quantitative estimate of drug-likeness (QED) is 0.863. The third-order valence-corrected chi connectivity index (χ3v) is 3.70. The minimum absolute atomic E-state index is 0.254. The summed E-state index contributed by atoms with van der Waals surface area (Å²) in [6, 6.07) is 10.9. The number of halogens is 3. The molecule has 2 rings (SSSR count). The van der Waals surface area contributed by atoms with Crippen LogP contribution < -0.4 is 5.32 Å². The molecular formula is C16H14Cl2FNO. The Bertz CT molecular complexity index is 686. The fourth-order valence-corrected chi connectivity index (χ4v) is 2.55. The molecule has 2 nitrogen and oxygen atoms in total. The highest BCUT2D eigenvalue weighted by Gasteiger charge is 2.27.